The van der Waals surface area contributed by atoms with Crippen LogP contribution in [0.4, 0.5) is 0 Å². The standard InChI is InChI=1S/C18H24N2O/c1-18(2)10-8-15(9-11-18)19-13-16-12-17(21-20-16)14-6-4-3-5-7-14/h3-7,12,15,19H,8-11,13H2,1-2H3. The molecule has 1 aliphatic carbocycles. The van der Waals surface area contributed by atoms with E-state index < -0.39 is 0 Å². The highest BCUT2D eigenvalue weighted by Gasteiger charge is 2.26. The molecule has 1 N–H and O–H groups in total. The van der Waals surface area contributed by atoms with Crippen LogP contribution in [0.2, 0.25) is 0 Å². The summed E-state index contributed by atoms with van der Waals surface area (Å²) in [6, 6.07) is 12.8. The van der Waals surface area contributed by atoms with Gasteiger partial charge in [-0.25, -0.2) is 0 Å². The molecule has 0 aliphatic heterocycles. The first kappa shape index (κ1) is 14.3. The molecule has 21 heavy (non-hydrogen) atoms. The third-order valence-electron chi connectivity index (χ3n) is 4.53. The zero-order valence-electron chi connectivity index (χ0n) is 12.9. The molecular formula is C18H24N2O. The number of hydrogen-bond acceptors (Lipinski definition) is 3. The minimum Gasteiger partial charge on any atom is -0.356 e. The Bertz CT molecular complexity index is 564. The predicted octanol–water partition coefficient (Wildman–Crippen LogP) is 4.40. The van der Waals surface area contributed by atoms with Crippen molar-refractivity contribution in [2.75, 3.05) is 0 Å². The van der Waals surface area contributed by atoms with Gasteiger partial charge in [-0.2, -0.15) is 0 Å². The number of aromatic nitrogens is 1. The average molecular weight is 284 g/mol. The van der Waals surface area contributed by atoms with Crippen molar-refractivity contribution in [3.63, 3.8) is 0 Å². The summed E-state index contributed by atoms with van der Waals surface area (Å²) in [5.41, 5.74) is 2.58. The summed E-state index contributed by atoms with van der Waals surface area (Å²) in [6.45, 7) is 5.53. The van der Waals surface area contributed by atoms with Gasteiger partial charge in [-0.05, 0) is 31.1 Å². The van der Waals surface area contributed by atoms with Gasteiger partial charge >= 0.3 is 0 Å². The Hall–Kier alpha value is -1.61. The van der Waals surface area contributed by atoms with E-state index in [4.69, 9.17) is 4.52 Å². The van der Waals surface area contributed by atoms with E-state index in [1.54, 1.807) is 0 Å². The van der Waals surface area contributed by atoms with E-state index in [1.807, 2.05) is 36.4 Å². The van der Waals surface area contributed by atoms with Crippen LogP contribution in [0.15, 0.2) is 40.9 Å². The van der Waals surface area contributed by atoms with Gasteiger partial charge in [0.2, 0.25) is 0 Å². The van der Waals surface area contributed by atoms with Crippen LogP contribution in [0.5, 0.6) is 0 Å². The highest BCUT2D eigenvalue weighted by molar-refractivity contribution is 5.56. The molecule has 1 aliphatic rings. The zero-order valence-corrected chi connectivity index (χ0v) is 12.9. The Labute approximate surface area is 126 Å². The van der Waals surface area contributed by atoms with Gasteiger partial charge in [-0.3, -0.25) is 0 Å². The number of nitrogens with one attached hydrogen (secondary N) is 1. The fourth-order valence-electron chi connectivity index (χ4n) is 2.99. The van der Waals surface area contributed by atoms with Crippen molar-refractivity contribution >= 4 is 0 Å². The number of rotatable bonds is 4. The molecule has 3 heteroatoms. The van der Waals surface area contributed by atoms with E-state index in [0.29, 0.717) is 11.5 Å². The Morgan fingerprint density at radius 3 is 2.62 bits per heavy atom. The summed E-state index contributed by atoms with van der Waals surface area (Å²) in [6.07, 6.45) is 5.13. The van der Waals surface area contributed by atoms with Crippen LogP contribution in [-0.2, 0) is 6.54 Å². The molecule has 0 bridgehead atoms. The van der Waals surface area contributed by atoms with E-state index in [2.05, 4.69) is 24.3 Å². The van der Waals surface area contributed by atoms with Gasteiger partial charge in [0.15, 0.2) is 5.76 Å². The molecule has 1 saturated carbocycles. The first-order chi connectivity index (χ1) is 10.1. The highest BCUT2D eigenvalue weighted by atomic mass is 16.5. The molecule has 112 valence electrons. The third kappa shape index (κ3) is 3.73. The molecule has 3 rings (SSSR count). The monoisotopic (exact) mass is 284 g/mol. The van der Waals surface area contributed by atoms with Crippen LogP contribution in [0, 0.1) is 5.41 Å². The fraction of sp³-hybridized carbons (Fsp3) is 0.500. The lowest BCUT2D eigenvalue weighted by atomic mass is 9.75. The summed E-state index contributed by atoms with van der Waals surface area (Å²) in [7, 11) is 0. The fourth-order valence-corrected chi connectivity index (χ4v) is 2.99. The van der Waals surface area contributed by atoms with Crippen LogP contribution in [0.3, 0.4) is 0 Å². The molecule has 1 fully saturated rings. The van der Waals surface area contributed by atoms with E-state index in [-0.39, 0.29) is 0 Å². The molecular weight excluding hydrogens is 260 g/mol. The van der Waals surface area contributed by atoms with Crippen molar-refractivity contribution in [1.82, 2.24) is 10.5 Å². The van der Waals surface area contributed by atoms with Gasteiger partial charge in [0.25, 0.3) is 0 Å². The smallest absolute Gasteiger partial charge is 0.167 e. The first-order valence-corrected chi connectivity index (χ1v) is 7.87. The van der Waals surface area contributed by atoms with Crippen molar-refractivity contribution in [3.05, 3.63) is 42.1 Å². The second-order valence-corrected chi connectivity index (χ2v) is 6.87. The summed E-state index contributed by atoms with van der Waals surface area (Å²) in [5.74, 6) is 0.845. The van der Waals surface area contributed by atoms with E-state index in [1.165, 1.54) is 25.7 Å². The van der Waals surface area contributed by atoms with Crippen LogP contribution < -0.4 is 5.32 Å². The quantitative estimate of drug-likeness (QED) is 0.904. The summed E-state index contributed by atoms with van der Waals surface area (Å²) in [4.78, 5) is 0. The molecule has 0 saturated heterocycles. The predicted molar refractivity (Wildman–Crippen MR) is 84.8 cm³/mol. The van der Waals surface area contributed by atoms with Gasteiger partial charge in [-0.1, -0.05) is 49.3 Å². The molecule has 0 spiro atoms. The molecule has 0 radical (unpaired) electrons. The van der Waals surface area contributed by atoms with Gasteiger partial charge in [0, 0.05) is 24.2 Å². The van der Waals surface area contributed by atoms with Crippen LogP contribution in [0.1, 0.15) is 45.2 Å². The molecule has 0 amide bonds. The Balaban J connectivity index is 1.54. The van der Waals surface area contributed by atoms with E-state index >= 15 is 0 Å². The Kier molecular flexibility index (Phi) is 4.11. The molecule has 1 heterocycles. The van der Waals surface area contributed by atoms with Crippen molar-refractivity contribution in [3.8, 4) is 11.3 Å². The lowest BCUT2D eigenvalue weighted by Crippen LogP contribution is -2.35. The summed E-state index contributed by atoms with van der Waals surface area (Å²) >= 11 is 0. The number of nitrogens with zero attached hydrogens (tertiary/aromatic N) is 1. The van der Waals surface area contributed by atoms with Crippen molar-refractivity contribution in [2.24, 2.45) is 5.41 Å². The lowest BCUT2D eigenvalue weighted by molar-refractivity contribution is 0.205. The van der Waals surface area contributed by atoms with Crippen molar-refractivity contribution in [1.29, 1.82) is 0 Å². The maximum Gasteiger partial charge on any atom is 0.167 e. The molecule has 0 atom stereocenters. The SMILES string of the molecule is CC1(C)CCC(NCc2cc(-c3ccccc3)on2)CC1. The minimum absolute atomic E-state index is 0.520. The maximum absolute atomic E-state index is 5.43. The molecule has 2 aromatic rings. The second kappa shape index (κ2) is 6.02. The largest absolute Gasteiger partial charge is 0.356 e. The van der Waals surface area contributed by atoms with Crippen LogP contribution in [0.25, 0.3) is 11.3 Å². The minimum atomic E-state index is 0.520. The van der Waals surface area contributed by atoms with Crippen LogP contribution >= 0.6 is 0 Å². The van der Waals surface area contributed by atoms with Gasteiger partial charge in [0.05, 0.1) is 5.69 Å². The average Bonchev–Trinajstić information content (AvgIpc) is 2.96. The van der Waals surface area contributed by atoms with Crippen molar-refractivity contribution in [2.45, 2.75) is 52.1 Å². The summed E-state index contributed by atoms with van der Waals surface area (Å²) in [5, 5.41) is 7.79. The van der Waals surface area contributed by atoms with Crippen molar-refractivity contribution < 1.29 is 4.52 Å². The molecule has 3 nitrogen and oxygen atoms in total. The van der Waals surface area contributed by atoms with Gasteiger partial charge in [-0.15, -0.1) is 0 Å². The topological polar surface area (TPSA) is 38.1 Å². The van der Waals surface area contributed by atoms with Gasteiger partial charge in [0.1, 0.15) is 0 Å². The van der Waals surface area contributed by atoms with E-state index in [0.717, 1.165) is 23.6 Å². The third-order valence-corrected chi connectivity index (χ3v) is 4.53. The molecule has 1 aromatic carbocycles. The number of hydrogen-bond donors (Lipinski definition) is 1. The lowest BCUT2D eigenvalue weighted by Gasteiger charge is -2.34. The Morgan fingerprint density at radius 2 is 1.90 bits per heavy atom. The first-order valence-electron chi connectivity index (χ1n) is 7.87. The normalized spacial score (nSPS) is 18.8. The zero-order chi connectivity index (χ0) is 14.7. The molecule has 0 unspecified atom stereocenters. The second-order valence-electron chi connectivity index (χ2n) is 6.87. The van der Waals surface area contributed by atoms with Gasteiger partial charge < -0.3 is 9.84 Å². The highest BCUT2D eigenvalue weighted by Crippen LogP contribution is 2.35. The Morgan fingerprint density at radius 1 is 1.19 bits per heavy atom. The maximum atomic E-state index is 5.43. The van der Waals surface area contributed by atoms with Crippen LogP contribution in [-0.4, -0.2) is 11.2 Å². The van der Waals surface area contributed by atoms with E-state index in [9.17, 15) is 0 Å². The summed E-state index contributed by atoms with van der Waals surface area (Å²) < 4.78 is 5.43. The molecule has 1 aromatic heterocycles. The number of benzene rings is 1.